The second kappa shape index (κ2) is 5.60. The number of morpholine rings is 1. The Balaban J connectivity index is 1.84. The first-order chi connectivity index (χ1) is 8.29. The van der Waals surface area contributed by atoms with Gasteiger partial charge in [-0.25, -0.2) is 4.98 Å². The van der Waals surface area contributed by atoms with Crippen LogP contribution in [-0.4, -0.2) is 63.6 Å². The fraction of sp³-hybridized carbons (Fsp3) is 0.667. The van der Waals surface area contributed by atoms with Gasteiger partial charge in [0, 0.05) is 19.6 Å². The number of hydrogen-bond acceptors (Lipinski definition) is 6. The van der Waals surface area contributed by atoms with E-state index in [0.29, 0.717) is 0 Å². The van der Waals surface area contributed by atoms with Gasteiger partial charge >= 0.3 is 0 Å². The maximum absolute atomic E-state index is 8.48. The van der Waals surface area contributed by atoms with Gasteiger partial charge < -0.3 is 15.7 Å². The van der Waals surface area contributed by atoms with E-state index in [9.17, 15) is 0 Å². The molecule has 2 heterocycles. The molecule has 3 N–H and O–H groups in total. The minimum absolute atomic E-state index is 0.0740. The smallest absolute Gasteiger partial charge is 0.219 e. The van der Waals surface area contributed by atoms with E-state index in [1.165, 1.54) is 0 Å². The topological polar surface area (TPSA) is 102 Å². The standard InChI is InChI=1S/C9H16N6O2/c10-8(13-16)9-11-7-15(12-9)2-1-14-3-5-17-6-4-14/h7,16H,1-6H2,(H2,10,13). The highest BCUT2D eigenvalue weighted by Crippen LogP contribution is 1.97. The van der Waals surface area contributed by atoms with Gasteiger partial charge in [0.05, 0.1) is 19.8 Å². The molecule has 8 nitrogen and oxygen atoms in total. The molecule has 0 bridgehead atoms. The van der Waals surface area contributed by atoms with E-state index in [1.54, 1.807) is 11.0 Å². The summed E-state index contributed by atoms with van der Waals surface area (Å²) < 4.78 is 6.95. The fourth-order valence-electron chi connectivity index (χ4n) is 1.63. The van der Waals surface area contributed by atoms with Crippen molar-refractivity contribution < 1.29 is 9.94 Å². The Morgan fingerprint density at radius 3 is 2.94 bits per heavy atom. The zero-order chi connectivity index (χ0) is 12.1. The van der Waals surface area contributed by atoms with Crippen LogP contribution in [0.2, 0.25) is 0 Å². The third kappa shape index (κ3) is 3.14. The van der Waals surface area contributed by atoms with Gasteiger partial charge in [-0.05, 0) is 0 Å². The van der Waals surface area contributed by atoms with Gasteiger partial charge in [-0.1, -0.05) is 5.16 Å². The molecule has 0 radical (unpaired) electrons. The summed E-state index contributed by atoms with van der Waals surface area (Å²) >= 11 is 0. The van der Waals surface area contributed by atoms with Crippen LogP contribution in [-0.2, 0) is 11.3 Å². The first-order valence-electron chi connectivity index (χ1n) is 5.47. The molecular weight excluding hydrogens is 224 g/mol. The largest absolute Gasteiger partial charge is 0.409 e. The quantitative estimate of drug-likeness (QED) is 0.294. The van der Waals surface area contributed by atoms with Gasteiger partial charge in [0.1, 0.15) is 6.33 Å². The zero-order valence-corrected chi connectivity index (χ0v) is 9.49. The molecule has 0 amide bonds. The van der Waals surface area contributed by atoms with Crippen molar-refractivity contribution in [3.63, 3.8) is 0 Å². The van der Waals surface area contributed by atoms with Crippen LogP contribution in [0.5, 0.6) is 0 Å². The lowest BCUT2D eigenvalue weighted by Crippen LogP contribution is -2.38. The molecular formula is C9H16N6O2. The van der Waals surface area contributed by atoms with Crippen molar-refractivity contribution >= 4 is 5.84 Å². The summed E-state index contributed by atoms with van der Waals surface area (Å²) in [6, 6.07) is 0. The van der Waals surface area contributed by atoms with Crippen molar-refractivity contribution in [2.24, 2.45) is 10.9 Å². The van der Waals surface area contributed by atoms with Crippen LogP contribution < -0.4 is 5.73 Å². The summed E-state index contributed by atoms with van der Waals surface area (Å²) in [5.74, 6) is 0.171. The summed E-state index contributed by atoms with van der Waals surface area (Å²) in [4.78, 5) is 6.24. The van der Waals surface area contributed by atoms with Crippen LogP contribution in [0.4, 0.5) is 0 Å². The van der Waals surface area contributed by atoms with Crippen molar-refractivity contribution in [1.29, 1.82) is 0 Å². The van der Waals surface area contributed by atoms with Crippen molar-refractivity contribution in [3.05, 3.63) is 12.2 Å². The second-order valence-corrected chi connectivity index (χ2v) is 3.77. The third-order valence-electron chi connectivity index (χ3n) is 2.62. The molecule has 1 aromatic rings. The highest BCUT2D eigenvalue weighted by Gasteiger charge is 2.11. The van der Waals surface area contributed by atoms with E-state index in [4.69, 9.17) is 15.7 Å². The fourth-order valence-corrected chi connectivity index (χ4v) is 1.63. The molecule has 8 heteroatoms. The summed E-state index contributed by atoms with van der Waals surface area (Å²) in [7, 11) is 0. The van der Waals surface area contributed by atoms with E-state index in [-0.39, 0.29) is 11.7 Å². The van der Waals surface area contributed by atoms with Gasteiger partial charge in [0.2, 0.25) is 11.7 Å². The van der Waals surface area contributed by atoms with E-state index < -0.39 is 0 Å². The molecule has 94 valence electrons. The Labute approximate surface area is 98.7 Å². The number of nitrogens with two attached hydrogens (primary N) is 1. The Morgan fingerprint density at radius 2 is 2.24 bits per heavy atom. The minimum Gasteiger partial charge on any atom is -0.409 e. The van der Waals surface area contributed by atoms with Crippen molar-refractivity contribution in [3.8, 4) is 0 Å². The average molecular weight is 240 g/mol. The summed E-state index contributed by atoms with van der Waals surface area (Å²) in [5, 5.41) is 15.4. The molecule has 1 aromatic heterocycles. The highest BCUT2D eigenvalue weighted by atomic mass is 16.5. The molecule has 2 rings (SSSR count). The van der Waals surface area contributed by atoms with Gasteiger partial charge in [0.15, 0.2) is 0 Å². The molecule has 0 saturated carbocycles. The van der Waals surface area contributed by atoms with Gasteiger partial charge in [0.25, 0.3) is 0 Å². The molecule has 0 aliphatic carbocycles. The van der Waals surface area contributed by atoms with Crippen molar-refractivity contribution in [2.75, 3.05) is 32.8 Å². The second-order valence-electron chi connectivity index (χ2n) is 3.77. The molecule has 0 atom stereocenters. The van der Waals surface area contributed by atoms with Crippen molar-refractivity contribution in [2.45, 2.75) is 6.54 Å². The average Bonchev–Trinajstić information content (AvgIpc) is 2.85. The summed E-state index contributed by atoms with van der Waals surface area (Å²) in [5.41, 5.74) is 5.38. The Hall–Kier alpha value is -1.67. The lowest BCUT2D eigenvalue weighted by Gasteiger charge is -2.26. The monoisotopic (exact) mass is 240 g/mol. The van der Waals surface area contributed by atoms with Gasteiger partial charge in [-0.2, -0.15) is 0 Å². The Kier molecular flexibility index (Phi) is 3.89. The molecule has 1 aliphatic rings. The Morgan fingerprint density at radius 1 is 1.47 bits per heavy atom. The normalized spacial score (nSPS) is 18.5. The van der Waals surface area contributed by atoms with Gasteiger partial charge in [-0.15, -0.1) is 5.10 Å². The maximum atomic E-state index is 8.48. The lowest BCUT2D eigenvalue weighted by molar-refractivity contribution is 0.0359. The first kappa shape index (κ1) is 11.8. The highest BCUT2D eigenvalue weighted by molar-refractivity contribution is 5.93. The molecule has 0 aromatic carbocycles. The van der Waals surface area contributed by atoms with E-state index in [0.717, 1.165) is 39.4 Å². The molecule has 17 heavy (non-hydrogen) atoms. The number of rotatable bonds is 4. The number of oxime groups is 1. The minimum atomic E-state index is -0.0740. The van der Waals surface area contributed by atoms with E-state index >= 15 is 0 Å². The van der Waals surface area contributed by atoms with Crippen LogP contribution in [0.15, 0.2) is 11.5 Å². The van der Waals surface area contributed by atoms with E-state index in [2.05, 4.69) is 20.1 Å². The number of aromatic nitrogens is 3. The summed E-state index contributed by atoms with van der Waals surface area (Å²) in [6.07, 6.45) is 1.58. The lowest BCUT2D eigenvalue weighted by atomic mass is 10.4. The predicted octanol–water partition coefficient (Wildman–Crippen LogP) is -1.30. The number of amidine groups is 1. The third-order valence-corrected chi connectivity index (χ3v) is 2.62. The van der Waals surface area contributed by atoms with Crippen molar-refractivity contribution in [1.82, 2.24) is 19.7 Å². The van der Waals surface area contributed by atoms with E-state index in [1.807, 2.05) is 0 Å². The molecule has 1 aliphatic heterocycles. The van der Waals surface area contributed by atoms with Gasteiger partial charge in [-0.3, -0.25) is 9.58 Å². The Bertz CT molecular complexity index is 385. The molecule has 0 unspecified atom stereocenters. The number of nitrogens with zero attached hydrogens (tertiary/aromatic N) is 5. The summed E-state index contributed by atoms with van der Waals surface area (Å²) in [6.45, 7) is 5.08. The van der Waals surface area contributed by atoms with Crippen LogP contribution in [0.1, 0.15) is 5.82 Å². The van der Waals surface area contributed by atoms with Crippen LogP contribution in [0.25, 0.3) is 0 Å². The molecule has 1 saturated heterocycles. The number of hydrogen-bond donors (Lipinski definition) is 2. The van der Waals surface area contributed by atoms with Crippen LogP contribution >= 0.6 is 0 Å². The zero-order valence-electron chi connectivity index (χ0n) is 9.49. The molecule has 1 fully saturated rings. The SMILES string of the molecule is NC(=NO)c1ncn(CCN2CCOCC2)n1. The number of ether oxygens (including phenoxy) is 1. The maximum Gasteiger partial charge on any atom is 0.219 e. The van der Waals surface area contributed by atoms with Crippen LogP contribution in [0.3, 0.4) is 0 Å². The molecule has 0 spiro atoms. The first-order valence-corrected chi connectivity index (χ1v) is 5.47. The van der Waals surface area contributed by atoms with Crippen LogP contribution in [0, 0.1) is 0 Å². The predicted molar refractivity (Wildman–Crippen MR) is 59.8 cm³/mol.